The number of halogens is 1. The number of hydrogen-bond donors (Lipinski definition) is 1. The third-order valence-corrected chi connectivity index (χ3v) is 4.07. The number of carbonyl (C=O) groups excluding carboxylic acids is 2. The number of hydrogen-bond acceptors (Lipinski definition) is 4. The molecule has 1 N–H and O–H groups in total. The zero-order valence-electron chi connectivity index (χ0n) is 13.7. The summed E-state index contributed by atoms with van der Waals surface area (Å²) in [5, 5.41) is 11.1. The van der Waals surface area contributed by atoms with Crippen LogP contribution >= 0.6 is 15.9 Å². The summed E-state index contributed by atoms with van der Waals surface area (Å²) in [7, 11) is 5.00. The second-order valence-corrected chi connectivity index (χ2v) is 6.10. The maximum absolute atomic E-state index is 12.6. The number of amides is 2. The fourth-order valence-corrected chi connectivity index (χ4v) is 2.60. The van der Waals surface area contributed by atoms with Crippen LogP contribution in [0.1, 0.15) is 33.6 Å². The Morgan fingerprint density at radius 1 is 1.39 bits per heavy atom. The molecule has 2 rings (SSSR count). The van der Waals surface area contributed by atoms with Gasteiger partial charge in [0.05, 0.1) is 22.1 Å². The van der Waals surface area contributed by atoms with Gasteiger partial charge in [-0.05, 0) is 29.8 Å². The number of carbonyl (C=O) groups is 2. The predicted molar refractivity (Wildman–Crippen MR) is 89.5 cm³/mol. The van der Waals surface area contributed by atoms with Gasteiger partial charge >= 0.3 is 0 Å². The molecule has 0 saturated carbocycles. The van der Waals surface area contributed by atoms with Crippen LogP contribution in [0.3, 0.4) is 0 Å². The number of aromatic nitrogens is 4. The van der Waals surface area contributed by atoms with Crippen LogP contribution < -0.4 is 5.32 Å². The fourth-order valence-electron chi connectivity index (χ4n) is 2.12. The normalized spacial score (nSPS) is 10.7. The largest absolute Gasteiger partial charge is 0.343 e. The Labute approximate surface area is 142 Å². The van der Waals surface area contributed by atoms with Crippen LogP contribution in [0.15, 0.2) is 10.7 Å². The van der Waals surface area contributed by atoms with Crippen molar-refractivity contribution in [2.24, 2.45) is 7.05 Å². The van der Waals surface area contributed by atoms with Gasteiger partial charge in [-0.25, -0.2) is 0 Å². The van der Waals surface area contributed by atoms with Gasteiger partial charge < -0.3 is 10.2 Å². The van der Waals surface area contributed by atoms with Crippen molar-refractivity contribution in [1.82, 2.24) is 24.5 Å². The number of rotatable bonds is 4. The van der Waals surface area contributed by atoms with Crippen molar-refractivity contribution in [3.05, 3.63) is 27.8 Å². The van der Waals surface area contributed by atoms with Gasteiger partial charge in [0.2, 0.25) is 0 Å². The van der Waals surface area contributed by atoms with Gasteiger partial charge in [0, 0.05) is 27.7 Å². The van der Waals surface area contributed by atoms with E-state index in [1.54, 1.807) is 43.6 Å². The number of nitrogens with one attached hydrogen (secondary N) is 1. The van der Waals surface area contributed by atoms with Gasteiger partial charge in [0.15, 0.2) is 5.69 Å². The molecule has 2 aromatic heterocycles. The molecule has 9 heteroatoms. The molecule has 0 aliphatic carbocycles. The fraction of sp³-hybridized carbons (Fsp3) is 0.429. The summed E-state index contributed by atoms with van der Waals surface area (Å²) in [5.74, 6) is -0.618. The minimum atomic E-state index is -0.347. The minimum Gasteiger partial charge on any atom is -0.343 e. The van der Waals surface area contributed by atoms with Crippen molar-refractivity contribution < 1.29 is 9.59 Å². The van der Waals surface area contributed by atoms with Crippen LogP contribution in [-0.4, -0.2) is 50.4 Å². The first-order valence-corrected chi connectivity index (χ1v) is 7.85. The van der Waals surface area contributed by atoms with Crippen molar-refractivity contribution in [2.75, 3.05) is 19.4 Å². The molecule has 0 saturated heterocycles. The minimum absolute atomic E-state index is 0.210. The predicted octanol–water partition coefficient (Wildman–Crippen LogP) is 1.66. The highest BCUT2D eigenvalue weighted by molar-refractivity contribution is 9.10. The Morgan fingerprint density at radius 3 is 2.61 bits per heavy atom. The summed E-state index contributed by atoms with van der Waals surface area (Å²) in [6, 6.07) is 0. The summed E-state index contributed by atoms with van der Waals surface area (Å²) in [5.41, 5.74) is 1.72. The first-order chi connectivity index (χ1) is 10.8. The second-order valence-electron chi connectivity index (χ2n) is 5.24. The van der Waals surface area contributed by atoms with Crippen molar-refractivity contribution >= 4 is 33.4 Å². The standard InChI is InChI=1S/C14H19BrN6O2/c1-6-21-12(9(15)7-16-21)13(22)17-10-8(2)20(5)18-11(10)14(23)19(3)4/h7H,6H2,1-5H3,(H,17,22). The molecular formula is C14H19BrN6O2. The summed E-state index contributed by atoms with van der Waals surface area (Å²) in [6.45, 7) is 4.25. The van der Waals surface area contributed by atoms with Gasteiger partial charge in [0.1, 0.15) is 5.69 Å². The van der Waals surface area contributed by atoms with E-state index in [0.717, 1.165) is 0 Å². The zero-order valence-corrected chi connectivity index (χ0v) is 15.3. The lowest BCUT2D eigenvalue weighted by atomic mass is 10.2. The van der Waals surface area contributed by atoms with E-state index in [4.69, 9.17) is 0 Å². The van der Waals surface area contributed by atoms with E-state index >= 15 is 0 Å². The molecule has 2 amide bonds. The zero-order chi connectivity index (χ0) is 17.3. The Kier molecular flexibility index (Phi) is 4.88. The molecule has 124 valence electrons. The highest BCUT2D eigenvalue weighted by atomic mass is 79.9. The SMILES string of the molecule is CCn1ncc(Br)c1C(=O)Nc1c(C(=O)N(C)C)nn(C)c1C. The maximum Gasteiger partial charge on any atom is 0.276 e. The van der Waals surface area contributed by atoms with Gasteiger partial charge in [0.25, 0.3) is 11.8 Å². The molecule has 0 atom stereocenters. The molecule has 0 aliphatic heterocycles. The van der Waals surface area contributed by atoms with Crippen molar-refractivity contribution in [3.63, 3.8) is 0 Å². The topological polar surface area (TPSA) is 85.1 Å². The second kappa shape index (κ2) is 6.53. The lowest BCUT2D eigenvalue weighted by Crippen LogP contribution is -2.25. The van der Waals surface area contributed by atoms with Gasteiger partial charge in [-0.1, -0.05) is 0 Å². The lowest BCUT2D eigenvalue weighted by Gasteiger charge is -2.11. The summed E-state index contributed by atoms with van der Waals surface area (Å²) in [4.78, 5) is 26.3. The van der Waals surface area contributed by atoms with Crippen LogP contribution in [0.4, 0.5) is 5.69 Å². The van der Waals surface area contributed by atoms with E-state index in [0.29, 0.717) is 28.1 Å². The Balaban J connectivity index is 2.42. The summed E-state index contributed by atoms with van der Waals surface area (Å²) < 4.78 is 3.75. The molecule has 0 aromatic carbocycles. The Morgan fingerprint density at radius 2 is 2.04 bits per heavy atom. The molecule has 8 nitrogen and oxygen atoms in total. The van der Waals surface area contributed by atoms with Crippen LogP contribution in [-0.2, 0) is 13.6 Å². The van der Waals surface area contributed by atoms with E-state index in [1.165, 1.54) is 4.90 Å². The molecular weight excluding hydrogens is 364 g/mol. The smallest absolute Gasteiger partial charge is 0.276 e. The average Bonchev–Trinajstić information content (AvgIpc) is 3.01. The molecule has 0 unspecified atom stereocenters. The molecule has 2 heterocycles. The molecule has 0 spiro atoms. The molecule has 0 radical (unpaired) electrons. The van der Waals surface area contributed by atoms with E-state index in [1.807, 2.05) is 6.92 Å². The molecule has 0 aliphatic rings. The van der Waals surface area contributed by atoms with E-state index < -0.39 is 0 Å². The van der Waals surface area contributed by atoms with Crippen LogP contribution in [0, 0.1) is 6.92 Å². The molecule has 23 heavy (non-hydrogen) atoms. The third-order valence-electron chi connectivity index (χ3n) is 3.49. The van der Waals surface area contributed by atoms with Crippen molar-refractivity contribution in [3.8, 4) is 0 Å². The first-order valence-electron chi connectivity index (χ1n) is 7.05. The quantitative estimate of drug-likeness (QED) is 0.870. The molecule has 2 aromatic rings. The van der Waals surface area contributed by atoms with E-state index in [9.17, 15) is 9.59 Å². The van der Waals surface area contributed by atoms with Crippen LogP contribution in [0.2, 0.25) is 0 Å². The monoisotopic (exact) mass is 382 g/mol. The van der Waals surface area contributed by atoms with Crippen molar-refractivity contribution in [2.45, 2.75) is 20.4 Å². The first kappa shape index (κ1) is 17.2. The summed E-state index contributed by atoms with van der Waals surface area (Å²) in [6.07, 6.45) is 1.57. The molecule has 0 fully saturated rings. The van der Waals surface area contributed by atoms with E-state index in [-0.39, 0.29) is 17.5 Å². The van der Waals surface area contributed by atoms with Gasteiger partial charge in [-0.3, -0.25) is 19.0 Å². The number of aryl methyl sites for hydroxylation is 2. The van der Waals surface area contributed by atoms with Gasteiger partial charge in [-0.2, -0.15) is 10.2 Å². The van der Waals surface area contributed by atoms with Crippen molar-refractivity contribution in [1.29, 1.82) is 0 Å². The summed E-state index contributed by atoms with van der Waals surface area (Å²) >= 11 is 3.33. The highest BCUT2D eigenvalue weighted by Gasteiger charge is 2.25. The number of nitrogens with zero attached hydrogens (tertiary/aromatic N) is 5. The number of anilines is 1. The highest BCUT2D eigenvalue weighted by Crippen LogP contribution is 2.23. The third kappa shape index (κ3) is 3.14. The maximum atomic E-state index is 12.6. The van der Waals surface area contributed by atoms with Gasteiger partial charge in [-0.15, -0.1) is 0 Å². The van der Waals surface area contributed by atoms with E-state index in [2.05, 4.69) is 31.4 Å². The van der Waals surface area contributed by atoms with Crippen LogP contribution in [0.25, 0.3) is 0 Å². The Bertz CT molecular complexity index is 762. The average molecular weight is 383 g/mol. The molecule has 0 bridgehead atoms. The Hall–Kier alpha value is -2.16. The lowest BCUT2D eigenvalue weighted by molar-refractivity contribution is 0.0822. The van der Waals surface area contributed by atoms with Crippen LogP contribution in [0.5, 0.6) is 0 Å².